The maximum Gasteiger partial charge on any atom is 0.315 e. The van der Waals surface area contributed by atoms with Crippen LogP contribution < -0.4 is 16.0 Å². The predicted octanol–water partition coefficient (Wildman–Crippen LogP) is 5.07. The second-order valence-electron chi connectivity index (χ2n) is 11.0. The molecule has 4 amide bonds. The Balaban J connectivity index is 1.48. The van der Waals surface area contributed by atoms with E-state index in [1.54, 1.807) is 18.2 Å². The predicted molar refractivity (Wildman–Crippen MR) is 172 cm³/mol. The van der Waals surface area contributed by atoms with E-state index in [1.807, 2.05) is 75.4 Å². The zero-order chi connectivity index (χ0) is 31.1. The number of hydrogen-bond donors (Lipinski definition) is 4. The van der Waals surface area contributed by atoms with Gasteiger partial charge in [-0.25, -0.2) is 4.79 Å². The number of urea groups is 1. The van der Waals surface area contributed by atoms with Gasteiger partial charge in [-0.2, -0.15) is 0 Å². The molecule has 0 spiro atoms. The molecular weight excluding hydrogens is 607 g/mol. The maximum absolute atomic E-state index is 13.8. The molecule has 1 aliphatic rings. The third-order valence-corrected chi connectivity index (χ3v) is 9.46. The molecule has 3 aromatic rings. The highest BCUT2D eigenvalue weighted by atomic mass is 35.5. The molecule has 1 heterocycles. The van der Waals surface area contributed by atoms with Crippen molar-refractivity contribution in [3.8, 4) is 0 Å². The van der Waals surface area contributed by atoms with Gasteiger partial charge in [-0.1, -0.05) is 83.9 Å². The summed E-state index contributed by atoms with van der Waals surface area (Å²) in [6.07, 6.45) is -1.41. The normalized spacial score (nSPS) is 17.2. The summed E-state index contributed by atoms with van der Waals surface area (Å²) in [5, 5.41) is 20.8. The lowest BCUT2D eigenvalue weighted by atomic mass is 9.97. The SMILES string of the molecule is Cc1ccccc1CNC(=O)[C@H]1N(C(=O)[C@@H](O)[C@H](Cc2ccccc2)NC(=O)NCc2ccc(Cl)cc2Cl)CSC1(C)C. The van der Waals surface area contributed by atoms with E-state index in [9.17, 15) is 19.5 Å². The molecule has 4 N–H and O–H groups in total. The van der Waals surface area contributed by atoms with E-state index in [2.05, 4.69) is 16.0 Å². The number of aliphatic hydroxyl groups excluding tert-OH is 1. The standard InChI is InChI=1S/C32H36Cl2N4O4S/c1-20-9-7-8-12-22(20)17-35-29(40)28-32(2,3)43-19-38(28)30(41)27(39)26(15-21-10-5-4-6-11-21)37-31(42)36-18-23-13-14-24(33)16-25(23)34/h4-14,16,26-28,39H,15,17-19H2,1-3H3,(H,35,40)(H2,36,37,42)/t26-,27-,28+/m0/s1. The van der Waals surface area contributed by atoms with E-state index in [-0.39, 0.29) is 24.7 Å². The van der Waals surface area contributed by atoms with Crippen LogP contribution in [0.4, 0.5) is 4.79 Å². The van der Waals surface area contributed by atoms with E-state index in [1.165, 1.54) is 16.7 Å². The van der Waals surface area contributed by atoms with Crippen LogP contribution in [-0.2, 0) is 29.1 Å². The molecule has 228 valence electrons. The molecule has 11 heteroatoms. The summed E-state index contributed by atoms with van der Waals surface area (Å²) >= 11 is 13.7. The van der Waals surface area contributed by atoms with Crippen LogP contribution in [0.25, 0.3) is 0 Å². The van der Waals surface area contributed by atoms with Crippen molar-refractivity contribution in [2.24, 2.45) is 0 Å². The topological polar surface area (TPSA) is 111 Å². The van der Waals surface area contributed by atoms with Crippen molar-refractivity contribution < 1.29 is 19.5 Å². The Bertz CT molecular complexity index is 1460. The van der Waals surface area contributed by atoms with Crippen LogP contribution in [0.15, 0.2) is 72.8 Å². The van der Waals surface area contributed by atoms with Crippen molar-refractivity contribution >= 4 is 52.8 Å². The second kappa shape index (κ2) is 14.5. The molecule has 0 bridgehead atoms. The van der Waals surface area contributed by atoms with Gasteiger partial charge in [0.25, 0.3) is 5.91 Å². The smallest absolute Gasteiger partial charge is 0.315 e. The molecule has 3 atom stereocenters. The third-order valence-electron chi connectivity index (χ3n) is 7.50. The van der Waals surface area contributed by atoms with Crippen molar-refractivity contribution in [1.82, 2.24) is 20.9 Å². The zero-order valence-electron chi connectivity index (χ0n) is 24.3. The van der Waals surface area contributed by atoms with Crippen LogP contribution in [0.2, 0.25) is 10.0 Å². The molecule has 0 radical (unpaired) electrons. The summed E-state index contributed by atoms with van der Waals surface area (Å²) in [6.45, 7) is 6.23. The number of carbonyl (C=O) groups is 3. The monoisotopic (exact) mass is 642 g/mol. The highest BCUT2D eigenvalue weighted by Gasteiger charge is 2.49. The first-order valence-corrected chi connectivity index (χ1v) is 15.7. The van der Waals surface area contributed by atoms with Gasteiger partial charge in [-0.3, -0.25) is 9.59 Å². The Morgan fingerprint density at radius 1 is 0.977 bits per heavy atom. The van der Waals surface area contributed by atoms with Gasteiger partial charge in [0.1, 0.15) is 6.04 Å². The van der Waals surface area contributed by atoms with Crippen LogP contribution >= 0.6 is 35.0 Å². The number of benzene rings is 3. The number of amides is 4. The lowest BCUT2D eigenvalue weighted by molar-refractivity contribution is -0.147. The second-order valence-corrected chi connectivity index (χ2v) is 13.5. The van der Waals surface area contributed by atoms with Gasteiger partial charge in [0.05, 0.1) is 11.9 Å². The molecule has 0 aliphatic carbocycles. The maximum atomic E-state index is 13.8. The van der Waals surface area contributed by atoms with Crippen molar-refractivity contribution in [3.63, 3.8) is 0 Å². The average molecular weight is 644 g/mol. The first kappa shape index (κ1) is 32.7. The van der Waals surface area contributed by atoms with E-state index in [0.29, 0.717) is 22.2 Å². The zero-order valence-corrected chi connectivity index (χ0v) is 26.6. The lowest BCUT2D eigenvalue weighted by Crippen LogP contribution is -2.59. The Kier molecular flexibility index (Phi) is 11.0. The third kappa shape index (κ3) is 8.44. The van der Waals surface area contributed by atoms with Crippen LogP contribution in [0.3, 0.4) is 0 Å². The number of hydrogen-bond acceptors (Lipinski definition) is 5. The number of nitrogens with one attached hydrogen (secondary N) is 3. The molecule has 8 nitrogen and oxygen atoms in total. The van der Waals surface area contributed by atoms with Crippen LogP contribution in [0.5, 0.6) is 0 Å². The van der Waals surface area contributed by atoms with Gasteiger partial charge in [0.2, 0.25) is 5.91 Å². The molecule has 3 aromatic carbocycles. The van der Waals surface area contributed by atoms with E-state index in [0.717, 1.165) is 16.7 Å². The molecule has 1 fully saturated rings. The number of thioether (sulfide) groups is 1. The fraction of sp³-hybridized carbons (Fsp3) is 0.344. The Morgan fingerprint density at radius 2 is 1.65 bits per heavy atom. The summed E-state index contributed by atoms with van der Waals surface area (Å²) in [6, 6.07) is 19.6. The Morgan fingerprint density at radius 3 is 2.35 bits per heavy atom. The van der Waals surface area contributed by atoms with Gasteiger partial charge >= 0.3 is 6.03 Å². The van der Waals surface area contributed by atoms with Crippen molar-refractivity contribution in [3.05, 3.63) is 105 Å². The minimum atomic E-state index is -1.61. The van der Waals surface area contributed by atoms with E-state index >= 15 is 0 Å². The van der Waals surface area contributed by atoms with Crippen molar-refractivity contribution in [2.75, 3.05) is 5.88 Å². The summed E-state index contributed by atoms with van der Waals surface area (Å²) < 4.78 is -0.594. The number of nitrogens with zero attached hydrogens (tertiary/aromatic N) is 1. The van der Waals surface area contributed by atoms with Gasteiger partial charge in [0.15, 0.2) is 6.10 Å². The van der Waals surface area contributed by atoms with Gasteiger partial charge in [-0.05, 0) is 61.6 Å². The summed E-state index contributed by atoms with van der Waals surface area (Å²) in [5.41, 5.74) is 3.52. The summed E-state index contributed by atoms with van der Waals surface area (Å²) in [5.74, 6) is -0.704. The van der Waals surface area contributed by atoms with Crippen LogP contribution in [0, 0.1) is 6.92 Å². The molecule has 1 saturated heterocycles. The van der Waals surface area contributed by atoms with Gasteiger partial charge < -0.3 is 26.0 Å². The lowest BCUT2D eigenvalue weighted by Gasteiger charge is -2.33. The van der Waals surface area contributed by atoms with Crippen LogP contribution in [-0.4, -0.2) is 56.7 Å². The first-order valence-electron chi connectivity index (χ1n) is 13.9. The first-order chi connectivity index (χ1) is 20.5. The van der Waals surface area contributed by atoms with Gasteiger partial charge in [0, 0.05) is 27.9 Å². The quantitative estimate of drug-likeness (QED) is 0.247. The number of aliphatic hydroxyl groups is 1. The Hall–Kier alpha value is -3.24. The minimum absolute atomic E-state index is 0.115. The van der Waals surface area contributed by atoms with Crippen LogP contribution in [0.1, 0.15) is 36.1 Å². The van der Waals surface area contributed by atoms with Crippen molar-refractivity contribution in [1.29, 1.82) is 0 Å². The number of halogens is 2. The highest BCUT2D eigenvalue weighted by Crippen LogP contribution is 2.40. The molecule has 1 aliphatic heterocycles. The minimum Gasteiger partial charge on any atom is -0.381 e. The van der Waals surface area contributed by atoms with Crippen molar-refractivity contribution in [2.45, 2.75) is 63.2 Å². The van der Waals surface area contributed by atoms with E-state index < -0.39 is 34.9 Å². The molecule has 0 saturated carbocycles. The fourth-order valence-corrected chi connectivity index (χ4v) is 6.63. The number of aryl methyl sites for hydroxylation is 1. The molecular formula is C32H36Cl2N4O4S. The Labute approximate surface area is 266 Å². The number of carbonyl (C=O) groups excluding carboxylic acids is 3. The molecule has 43 heavy (non-hydrogen) atoms. The average Bonchev–Trinajstić information content (AvgIpc) is 3.30. The molecule has 4 rings (SSSR count). The highest BCUT2D eigenvalue weighted by molar-refractivity contribution is 8.00. The number of rotatable bonds is 10. The fourth-order valence-electron chi connectivity index (χ4n) is 5.01. The molecule has 0 unspecified atom stereocenters. The summed E-state index contributed by atoms with van der Waals surface area (Å²) in [4.78, 5) is 41.7. The largest absolute Gasteiger partial charge is 0.381 e. The van der Waals surface area contributed by atoms with Gasteiger partial charge in [-0.15, -0.1) is 11.8 Å². The summed E-state index contributed by atoms with van der Waals surface area (Å²) in [7, 11) is 0. The molecule has 0 aromatic heterocycles. The van der Waals surface area contributed by atoms with E-state index in [4.69, 9.17) is 23.2 Å².